The Morgan fingerprint density at radius 1 is 0.810 bits per heavy atom. The van der Waals surface area contributed by atoms with Crippen LogP contribution < -0.4 is 0 Å². The topological polar surface area (TPSA) is 170 Å². The van der Waals surface area contributed by atoms with Crippen LogP contribution >= 0.6 is 0 Å². The van der Waals surface area contributed by atoms with Gasteiger partial charge in [-0.2, -0.15) is 0 Å². The molecule has 0 fully saturated rings. The minimum Gasteiger partial charge on any atom is -0.396 e. The molecule has 11 heteroatoms. The Morgan fingerprint density at radius 3 is 1.43 bits per heavy atom. The highest BCUT2D eigenvalue weighted by Crippen LogP contribution is 2.39. The predicted octanol–water partition coefficient (Wildman–Crippen LogP) is 0.481. The molecule has 0 bridgehead atoms. The van der Waals surface area contributed by atoms with Crippen molar-refractivity contribution in [2.75, 3.05) is 13.2 Å². The number of nitro benzene ring substituents is 3. The first-order valence-corrected chi connectivity index (χ1v) is 5.68. The average molecular weight is 301 g/mol. The van der Waals surface area contributed by atoms with E-state index < -0.39 is 69.0 Å². The second kappa shape index (κ2) is 6.67. The van der Waals surface area contributed by atoms with Gasteiger partial charge in [0.1, 0.15) is 11.1 Å². The number of nitro groups is 3. The number of benzene rings is 1. The van der Waals surface area contributed by atoms with Crippen LogP contribution in [0.15, 0.2) is 6.07 Å². The highest BCUT2D eigenvalue weighted by atomic mass is 16.6. The highest BCUT2D eigenvalue weighted by molar-refractivity contribution is 5.67. The molecule has 0 spiro atoms. The number of rotatable bonds is 7. The SMILES string of the molecule is O=[N+]([O-])c1cc([N+](=O)[O-])c(CCO)c([N+](=O)[O-])c1CCO. The largest absolute Gasteiger partial charge is 0.396 e. The van der Waals surface area contributed by atoms with Gasteiger partial charge in [0.2, 0.25) is 0 Å². The summed E-state index contributed by atoms with van der Waals surface area (Å²) >= 11 is 0. The van der Waals surface area contributed by atoms with Gasteiger partial charge < -0.3 is 10.2 Å². The first kappa shape index (κ1) is 16.4. The maximum absolute atomic E-state index is 11.1. The van der Waals surface area contributed by atoms with E-state index in [0.717, 1.165) is 0 Å². The van der Waals surface area contributed by atoms with E-state index in [4.69, 9.17) is 10.2 Å². The molecule has 0 aliphatic heterocycles. The fourth-order valence-electron chi connectivity index (χ4n) is 1.99. The van der Waals surface area contributed by atoms with E-state index in [1.54, 1.807) is 0 Å². The van der Waals surface area contributed by atoms with Gasteiger partial charge in [-0.05, 0) is 0 Å². The van der Waals surface area contributed by atoms with Crippen molar-refractivity contribution in [1.29, 1.82) is 0 Å². The van der Waals surface area contributed by atoms with Gasteiger partial charge >= 0.3 is 0 Å². The first-order valence-electron chi connectivity index (χ1n) is 5.68. The van der Waals surface area contributed by atoms with Gasteiger partial charge in [0.05, 0.1) is 20.8 Å². The Balaban J connectivity index is 3.83. The van der Waals surface area contributed by atoms with Crippen LogP contribution in [0.5, 0.6) is 0 Å². The molecule has 1 aromatic carbocycles. The number of aliphatic hydroxyl groups excluding tert-OH is 2. The Hall–Kier alpha value is -2.66. The standard InChI is InChI=1S/C10H11N3O8/c14-3-1-6-8(11(16)17)5-9(12(18)19)7(2-4-15)10(6)13(20)21/h5,14-15H,1-4H2. The van der Waals surface area contributed by atoms with E-state index in [9.17, 15) is 30.3 Å². The monoisotopic (exact) mass is 301 g/mol. The van der Waals surface area contributed by atoms with Gasteiger partial charge in [-0.1, -0.05) is 0 Å². The van der Waals surface area contributed by atoms with E-state index in [2.05, 4.69) is 0 Å². The molecule has 0 saturated heterocycles. The van der Waals surface area contributed by atoms with Gasteiger partial charge in [-0.3, -0.25) is 30.3 Å². The lowest BCUT2D eigenvalue weighted by atomic mass is 9.98. The summed E-state index contributed by atoms with van der Waals surface area (Å²) in [6.07, 6.45) is -0.800. The van der Waals surface area contributed by atoms with Crippen LogP contribution in [-0.4, -0.2) is 38.2 Å². The van der Waals surface area contributed by atoms with Crippen molar-refractivity contribution < 1.29 is 25.0 Å². The Bertz CT molecular complexity index is 558. The minimum absolute atomic E-state index is 0.400. The lowest BCUT2D eigenvalue weighted by Crippen LogP contribution is -2.10. The van der Waals surface area contributed by atoms with E-state index in [-0.39, 0.29) is 0 Å². The maximum Gasteiger partial charge on any atom is 0.289 e. The van der Waals surface area contributed by atoms with Crippen LogP contribution in [0.2, 0.25) is 0 Å². The quantitative estimate of drug-likeness (QED) is 0.540. The normalized spacial score (nSPS) is 10.4. The second-order valence-electron chi connectivity index (χ2n) is 3.94. The molecule has 114 valence electrons. The van der Waals surface area contributed by atoms with E-state index in [1.165, 1.54) is 0 Å². The van der Waals surface area contributed by atoms with Gasteiger partial charge in [0, 0.05) is 26.1 Å². The number of hydrogen-bond donors (Lipinski definition) is 2. The molecule has 0 amide bonds. The summed E-state index contributed by atoms with van der Waals surface area (Å²) in [5, 5.41) is 50.8. The average Bonchev–Trinajstić information content (AvgIpc) is 2.38. The van der Waals surface area contributed by atoms with Crippen LogP contribution in [0.1, 0.15) is 11.1 Å². The zero-order chi connectivity index (χ0) is 16.2. The van der Waals surface area contributed by atoms with Crippen molar-refractivity contribution in [2.45, 2.75) is 12.8 Å². The van der Waals surface area contributed by atoms with Crippen molar-refractivity contribution >= 4 is 17.1 Å². The van der Waals surface area contributed by atoms with Gasteiger partial charge in [-0.25, -0.2) is 0 Å². The summed E-state index contributed by atoms with van der Waals surface area (Å²) in [7, 11) is 0. The summed E-state index contributed by atoms with van der Waals surface area (Å²) < 4.78 is 0. The molecule has 0 unspecified atom stereocenters. The molecular weight excluding hydrogens is 290 g/mol. The first-order chi connectivity index (χ1) is 9.84. The summed E-state index contributed by atoms with van der Waals surface area (Å²) in [6, 6.07) is 0.614. The summed E-state index contributed by atoms with van der Waals surface area (Å²) in [5.74, 6) is 0. The smallest absolute Gasteiger partial charge is 0.289 e. The van der Waals surface area contributed by atoms with Crippen molar-refractivity contribution in [3.8, 4) is 0 Å². The lowest BCUT2D eigenvalue weighted by Gasteiger charge is -2.08. The lowest BCUT2D eigenvalue weighted by molar-refractivity contribution is -0.405. The molecule has 0 aliphatic carbocycles. The molecule has 0 heterocycles. The zero-order valence-corrected chi connectivity index (χ0v) is 10.6. The van der Waals surface area contributed by atoms with Crippen LogP contribution in [0, 0.1) is 30.3 Å². The van der Waals surface area contributed by atoms with Crippen LogP contribution in [0.3, 0.4) is 0 Å². The van der Waals surface area contributed by atoms with Crippen molar-refractivity contribution in [3.05, 3.63) is 47.5 Å². The minimum atomic E-state index is -0.978. The zero-order valence-electron chi connectivity index (χ0n) is 10.6. The van der Waals surface area contributed by atoms with Gasteiger partial charge in [-0.15, -0.1) is 0 Å². The number of nitrogens with zero attached hydrogens (tertiary/aromatic N) is 3. The van der Waals surface area contributed by atoms with Gasteiger partial charge in [0.15, 0.2) is 0 Å². The molecule has 0 aromatic heterocycles. The third kappa shape index (κ3) is 3.27. The third-order valence-corrected chi connectivity index (χ3v) is 2.76. The van der Waals surface area contributed by atoms with E-state index >= 15 is 0 Å². The van der Waals surface area contributed by atoms with E-state index in [1.807, 2.05) is 0 Å². The molecular formula is C10H11N3O8. The molecule has 1 rings (SSSR count). The van der Waals surface area contributed by atoms with Crippen molar-refractivity contribution in [3.63, 3.8) is 0 Å². The van der Waals surface area contributed by atoms with Crippen LogP contribution in [0.25, 0.3) is 0 Å². The fourth-order valence-corrected chi connectivity index (χ4v) is 1.99. The fraction of sp³-hybridized carbons (Fsp3) is 0.400. The van der Waals surface area contributed by atoms with Crippen LogP contribution in [-0.2, 0) is 12.8 Å². The summed E-state index contributed by atoms with van der Waals surface area (Å²) in [6.45, 7) is -1.20. The Kier molecular flexibility index (Phi) is 5.21. The van der Waals surface area contributed by atoms with Crippen LogP contribution in [0.4, 0.5) is 17.1 Å². The molecule has 0 aliphatic rings. The highest BCUT2D eigenvalue weighted by Gasteiger charge is 2.35. The Morgan fingerprint density at radius 2 is 1.19 bits per heavy atom. The maximum atomic E-state index is 11.1. The molecule has 0 atom stereocenters. The molecule has 21 heavy (non-hydrogen) atoms. The summed E-state index contributed by atoms with van der Waals surface area (Å²) in [5.41, 5.74) is -3.21. The molecule has 1 aromatic rings. The Labute approximate surface area is 116 Å². The van der Waals surface area contributed by atoms with Crippen molar-refractivity contribution in [2.24, 2.45) is 0 Å². The van der Waals surface area contributed by atoms with Gasteiger partial charge in [0.25, 0.3) is 17.1 Å². The molecule has 11 nitrogen and oxygen atoms in total. The predicted molar refractivity (Wildman–Crippen MR) is 68.0 cm³/mol. The van der Waals surface area contributed by atoms with Crippen molar-refractivity contribution in [1.82, 2.24) is 0 Å². The number of aliphatic hydroxyl groups is 2. The molecule has 2 N–H and O–H groups in total. The second-order valence-corrected chi connectivity index (χ2v) is 3.94. The number of hydrogen-bond acceptors (Lipinski definition) is 8. The summed E-state index contributed by atoms with van der Waals surface area (Å²) in [4.78, 5) is 30.1. The molecule has 0 saturated carbocycles. The van der Waals surface area contributed by atoms with E-state index in [0.29, 0.717) is 6.07 Å². The third-order valence-electron chi connectivity index (χ3n) is 2.76. The molecule has 0 radical (unpaired) electrons.